The third kappa shape index (κ3) is 5.60. The quantitative estimate of drug-likeness (QED) is 0.472. The van der Waals surface area contributed by atoms with Crippen LogP contribution in [0.4, 0.5) is 13.2 Å². The zero-order valence-corrected chi connectivity index (χ0v) is 17.7. The molecule has 3 aromatic rings. The van der Waals surface area contributed by atoms with Crippen molar-refractivity contribution in [1.29, 1.82) is 0 Å². The van der Waals surface area contributed by atoms with Crippen LogP contribution in [0.25, 0.3) is 22.3 Å². The van der Waals surface area contributed by atoms with Gasteiger partial charge in [0, 0.05) is 12.6 Å². The fourth-order valence-electron chi connectivity index (χ4n) is 3.12. The molecular weight excluding hydrogens is 451 g/mol. The molecule has 0 amide bonds. The minimum Gasteiger partial charge on any atom is -0.493 e. The summed E-state index contributed by atoms with van der Waals surface area (Å²) in [4.78, 5) is 24.8. The molecule has 0 fully saturated rings. The summed E-state index contributed by atoms with van der Waals surface area (Å²) in [6, 6.07) is 8.73. The number of halogens is 4. The Balaban J connectivity index is 1.94. The third-order valence-corrected chi connectivity index (χ3v) is 4.93. The van der Waals surface area contributed by atoms with Crippen LogP contribution in [0.2, 0.25) is 5.02 Å². The Morgan fingerprint density at radius 2 is 1.97 bits per heavy atom. The Kier molecular flexibility index (Phi) is 7.10. The molecule has 0 aliphatic rings. The van der Waals surface area contributed by atoms with E-state index in [1.807, 2.05) is 0 Å². The molecule has 32 heavy (non-hydrogen) atoms. The predicted molar refractivity (Wildman–Crippen MR) is 113 cm³/mol. The van der Waals surface area contributed by atoms with Crippen molar-refractivity contribution in [3.63, 3.8) is 0 Å². The summed E-state index contributed by atoms with van der Waals surface area (Å²) < 4.78 is 51.0. The Hall–Kier alpha value is -3.04. The average molecular weight is 470 g/mol. The first-order valence-corrected chi connectivity index (χ1v) is 9.91. The summed E-state index contributed by atoms with van der Waals surface area (Å²) in [5.74, 6) is -1.09. The first-order valence-electron chi connectivity index (χ1n) is 9.53. The van der Waals surface area contributed by atoms with Crippen molar-refractivity contribution in [1.82, 2.24) is 4.90 Å². The minimum atomic E-state index is -4.59. The largest absolute Gasteiger partial charge is 0.493 e. The van der Waals surface area contributed by atoms with Crippen molar-refractivity contribution in [3.8, 4) is 17.1 Å². The molecule has 0 saturated carbocycles. The number of ether oxygens (including phenoxy) is 1. The standard InChI is InChI=1S/C22H19ClF3NO5/c1-27(12-20(29)30)8-3-9-31-18-10-13(22(24,25)26)6-7-15(18)19-11-17(28)14-4-2-5-16(23)21(14)32-19/h2,4-7,10-11H,3,8-9,12H2,1H3,(H,29,30). The number of carbonyl (C=O) groups is 1. The molecule has 1 aromatic heterocycles. The van der Waals surface area contributed by atoms with Gasteiger partial charge in [0.25, 0.3) is 0 Å². The maximum absolute atomic E-state index is 13.2. The van der Waals surface area contributed by atoms with Gasteiger partial charge in [-0.2, -0.15) is 13.2 Å². The van der Waals surface area contributed by atoms with Gasteiger partial charge in [0.1, 0.15) is 11.5 Å². The van der Waals surface area contributed by atoms with Gasteiger partial charge < -0.3 is 14.3 Å². The van der Waals surface area contributed by atoms with Crippen LogP contribution in [-0.2, 0) is 11.0 Å². The molecule has 0 radical (unpaired) electrons. The number of benzene rings is 2. The molecule has 3 rings (SSSR count). The first-order chi connectivity index (χ1) is 15.1. The summed E-state index contributed by atoms with van der Waals surface area (Å²) in [6.45, 7) is 0.218. The molecule has 6 nitrogen and oxygen atoms in total. The van der Waals surface area contributed by atoms with Crippen molar-refractivity contribution in [2.75, 3.05) is 26.7 Å². The topological polar surface area (TPSA) is 80.0 Å². The zero-order chi connectivity index (χ0) is 23.5. The van der Waals surface area contributed by atoms with E-state index in [1.165, 1.54) is 24.3 Å². The van der Waals surface area contributed by atoms with Gasteiger partial charge in [0.05, 0.1) is 34.7 Å². The molecule has 1 N–H and O–H groups in total. The Morgan fingerprint density at radius 3 is 2.66 bits per heavy atom. The monoisotopic (exact) mass is 469 g/mol. The van der Waals surface area contributed by atoms with Gasteiger partial charge in [-0.25, -0.2) is 0 Å². The smallest absolute Gasteiger partial charge is 0.416 e. The Bertz CT molecular complexity index is 1190. The highest BCUT2D eigenvalue weighted by atomic mass is 35.5. The van der Waals surface area contributed by atoms with Crippen LogP contribution in [0, 0.1) is 0 Å². The molecule has 0 spiro atoms. The van der Waals surface area contributed by atoms with E-state index >= 15 is 0 Å². The van der Waals surface area contributed by atoms with Gasteiger partial charge in [0.15, 0.2) is 11.0 Å². The molecular formula is C22H19ClF3NO5. The van der Waals surface area contributed by atoms with E-state index in [9.17, 15) is 22.8 Å². The average Bonchev–Trinajstić information content (AvgIpc) is 2.70. The highest BCUT2D eigenvalue weighted by molar-refractivity contribution is 6.34. The lowest BCUT2D eigenvalue weighted by Gasteiger charge is -2.16. The SMILES string of the molecule is CN(CCCOc1cc(C(F)(F)F)ccc1-c1cc(=O)c2cccc(Cl)c2o1)CC(=O)O. The lowest BCUT2D eigenvalue weighted by molar-refractivity contribution is -0.138. The lowest BCUT2D eigenvalue weighted by atomic mass is 10.1. The Morgan fingerprint density at radius 1 is 1.22 bits per heavy atom. The summed E-state index contributed by atoms with van der Waals surface area (Å²) in [7, 11) is 1.61. The van der Waals surface area contributed by atoms with Gasteiger partial charge in [-0.3, -0.25) is 14.5 Å². The number of carboxylic acid groups (broad SMARTS) is 1. The van der Waals surface area contributed by atoms with Gasteiger partial charge in [-0.05, 0) is 43.8 Å². The number of likely N-dealkylation sites (N-methyl/N-ethyl adjacent to an activating group) is 1. The van der Waals surface area contributed by atoms with Crippen LogP contribution in [0.5, 0.6) is 5.75 Å². The molecule has 0 unspecified atom stereocenters. The molecule has 1 heterocycles. The van der Waals surface area contributed by atoms with E-state index in [2.05, 4.69) is 0 Å². The van der Waals surface area contributed by atoms with Gasteiger partial charge in [-0.15, -0.1) is 0 Å². The summed E-state index contributed by atoms with van der Waals surface area (Å²) in [5.41, 5.74) is -1.03. The Labute approximate surface area is 185 Å². The van der Waals surface area contributed by atoms with Crippen LogP contribution in [0.15, 0.2) is 51.7 Å². The molecule has 2 aromatic carbocycles. The minimum absolute atomic E-state index is 0.0160. The molecule has 10 heteroatoms. The summed E-state index contributed by atoms with van der Waals surface area (Å²) >= 11 is 6.12. The van der Waals surface area contributed by atoms with E-state index in [1.54, 1.807) is 18.0 Å². The fourth-order valence-corrected chi connectivity index (χ4v) is 3.34. The molecule has 0 aliphatic carbocycles. The second-order valence-corrected chi connectivity index (χ2v) is 7.54. The number of hydrogen-bond donors (Lipinski definition) is 1. The van der Waals surface area contributed by atoms with E-state index < -0.39 is 23.1 Å². The lowest BCUT2D eigenvalue weighted by Crippen LogP contribution is -2.27. The molecule has 170 valence electrons. The van der Waals surface area contributed by atoms with Gasteiger partial charge in [-0.1, -0.05) is 17.7 Å². The summed E-state index contributed by atoms with van der Waals surface area (Å²) in [6.07, 6.45) is -4.22. The first kappa shape index (κ1) is 23.6. The predicted octanol–water partition coefficient (Wildman–Crippen LogP) is 4.92. The van der Waals surface area contributed by atoms with E-state index in [4.69, 9.17) is 25.9 Å². The second kappa shape index (κ2) is 9.62. The number of nitrogens with zero attached hydrogens (tertiary/aromatic N) is 1. The van der Waals surface area contributed by atoms with Crippen molar-refractivity contribution < 1.29 is 32.2 Å². The highest BCUT2D eigenvalue weighted by Crippen LogP contribution is 2.38. The van der Waals surface area contributed by atoms with Gasteiger partial charge in [0.2, 0.25) is 0 Å². The fraction of sp³-hybridized carbons (Fsp3) is 0.273. The second-order valence-electron chi connectivity index (χ2n) is 7.13. The van der Waals surface area contributed by atoms with Crippen molar-refractivity contribution in [2.45, 2.75) is 12.6 Å². The summed E-state index contributed by atoms with van der Waals surface area (Å²) in [5, 5.41) is 9.22. The van der Waals surface area contributed by atoms with Gasteiger partial charge >= 0.3 is 12.1 Å². The van der Waals surface area contributed by atoms with Crippen LogP contribution in [0.3, 0.4) is 0 Å². The number of fused-ring (bicyclic) bond motifs is 1. The number of hydrogen-bond acceptors (Lipinski definition) is 5. The van der Waals surface area contributed by atoms with Crippen LogP contribution in [-0.4, -0.2) is 42.7 Å². The number of rotatable bonds is 8. The van der Waals surface area contributed by atoms with Crippen LogP contribution in [0.1, 0.15) is 12.0 Å². The van der Waals surface area contributed by atoms with Crippen LogP contribution < -0.4 is 10.2 Å². The number of carboxylic acids is 1. The molecule has 0 saturated heterocycles. The van der Waals surface area contributed by atoms with E-state index in [0.717, 1.165) is 12.1 Å². The van der Waals surface area contributed by atoms with Crippen molar-refractivity contribution >= 4 is 28.5 Å². The maximum Gasteiger partial charge on any atom is 0.416 e. The maximum atomic E-state index is 13.2. The van der Waals surface area contributed by atoms with Crippen molar-refractivity contribution in [2.24, 2.45) is 0 Å². The number of para-hydroxylation sites is 1. The highest BCUT2D eigenvalue weighted by Gasteiger charge is 2.31. The number of alkyl halides is 3. The van der Waals surface area contributed by atoms with Crippen LogP contribution >= 0.6 is 11.6 Å². The normalized spacial score (nSPS) is 11.8. The third-order valence-electron chi connectivity index (χ3n) is 4.63. The zero-order valence-electron chi connectivity index (χ0n) is 16.9. The van der Waals surface area contributed by atoms with E-state index in [-0.39, 0.29) is 46.2 Å². The molecule has 0 bridgehead atoms. The van der Waals surface area contributed by atoms with E-state index in [0.29, 0.717) is 13.0 Å². The molecule has 0 atom stereocenters. The van der Waals surface area contributed by atoms with Crippen molar-refractivity contribution in [3.05, 3.63) is 63.3 Å². The number of aliphatic carboxylic acids is 1. The molecule has 0 aliphatic heterocycles.